The second-order valence-corrected chi connectivity index (χ2v) is 9.57. The minimum atomic E-state index is -0.469. The standard InChI is InChI=1S/C26H25N7O2/c27-13-19-8-9-23-24(11-19)32(18-28-23)14-20-5-4-10-26(12-20)17-31(25(34)35-26)15-21-16-33(30-29-21)22-6-2-1-3-7-22/h1-3,6-9,11,16,18,20H,4-5,10,12,14-15,17H2. The number of carbonyl (C=O) groups is 1. The Morgan fingerprint density at radius 3 is 2.94 bits per heavy atom. The Bertz CT molecular complexity index is 1420. The van der Waals surface area contributed by atoms with Gasteiger partial charge in [-0.3, -0.25) is 4.90 Å². The van der Waals surface area contributed by atoms with Crippen molar-refractivity contribution < 1.29 is 9.53 Å². The molecule has 3 heterocycles. The molecule has 6 rings (SSSR count). The minimum absolute atomic E-state index is 0.286. The van der Waals surface area contributed by atoms with Crippen molar-refractivity contribution in [1.82, 2.24) is 29.4 Å². The molecule has 2 aromatic heterocycles. The predicted octanol–water partition coefficient (Wildman–Crippen LogP) is 4.07. The fraction of sp³-hybridized carbons (Fsp3) is 0.346. The van der Waals surface area contributed by atoms with Crippen LogP contribution in [0.15, 0.2) is 61.1 Å². The fourth-order valence-electron chi connectivity index (χ4n) is 5.47. The number of aromatic nitrogens is 5. The zero-order chi connectivity index (χ0) is 23.8. The summed E-state index contributed by atoms with van der Waals surface area (Å²) in [4.78, 5) is 19.0. The van der Waals surface area contributed by atoms with E-state index in [1.165, 1.54) is 0 Å². The van der Waals surface area contributed by atoms with Crippen molar-refractivity contribution >= 4 is 17.1 Å². The van der Waals surface area contributed by atoms with Gasteiger partial charge >= 0.3 is 6.09 Å². The number of amides is 1. The number of carbonyl (C=O) groups excluding carboxylic acids is 1. The second kappa shape index (κ2) is 8.55. The molecule has 0 radical (unpaired) electrons. The van der Waals surface area contributed by atoms with E-state index in [9.17, 15) is 10.1 Å². The van der Waals surface area contributed by atoms with Crippen molar-refractivity contribution in [3.05, 3.63) is 72.3 Å². The number of ether oxygens (including phenoxy) is 1. The number of hydrogen-bond donors (Lipinski definition) is 0. The number of imidazole rings is 1. The Morgan fingerprint density at radius 2 is 2.09 bits per heavy atom. The third kappa shape index (κ3) is 4.12. The van der Waals surface area contributed by atoms with Crippen LogP contribution in [0.25, 0.3) is 16.7 Å². The molecule has 35 heavy (non-hydrogen) atoms. The normalized spacial score (nSPS) is 22.0. The highest BCUT2D eigenvalue weighted by Gasteiger charge is 2.48. The van der Waals surface area contributed by atoms with Crippen LogP contribution in [0, 0.1) is 17.2 Å². The van der Waals surface area contributed by atoms with Gasteiger partial charge in [0.1, 0.15) is 11.3 Å². The van der Waals surface area contributed by atoms with Gasteiger partial charge in [0, 0.05) is 6.54 Å². The van der Waals surface area contributed by atoms with Gasteiger partial charge in [-0.2, -0.15) is 5.26 Å². The maximum atomic E-state index is 12.8. The molecule has 1 spiro atoms. The molecule has 1 saturated heterocycles. The van der Waals surface area contributed by atoms with E-state index < -0.39 is 5.60 Å². The van der Waals surface area contributed by atoms with Crippen molar-refractivity contribution in [3.63, 3.8) is 0 Å². The van der Waals surface area contributed by atoms with Crippen molar-refractivity contribution in [2.45, 2.75) is 44.4 Å². The Morgan fingerprint density at radius 1 is 1.20 bits per heavy atom. The smallest absolute Gasteiger partial charge is 0.410 e. The highest BCUT2D eigenvalue weighted by molar-refractivity contribution is 5.77. The molecule has 2 fully saturated rings. The lowest BCUT2D eigenvalue weighted by Gasteiger charge is -2.36. The number of para-hydroxylation sites is 1. The molecule has 1 saturated carbocycles. The highest BCUT2D eigenvalue weighted by atomic mass is 16.6. The molecule has 9 heteroatoms. The van der Waals surface area contributed by atoms with Crippen LogP contribution in [-0.2, 0) is 17.8 Å². The van der Waals surface area contributed by atoms with Crippen LogP contribution in [0.3, 0.4) is 0 Å². The number of benzene rings is 2. The first-order valence-corrected chi connectivity index (χ1v) is 11.9. The van der Waals surface area contributed by atoms with Crippen molar-refractivity contribution in [2.24, 2.45) is 5.92 Å². The summed E-state index contributed by atoms with van der Waals surface area (Å²) >= 11 is 0. The van der Waals surface area contributed by atoms with E-state index in [0.717, 1.165) is 54.6 Å². The number of nitriles is 1. The molecule has 1 aliphatic heterocycles. The lowest BCUT2D eigenvalue weighted by atomic mass is 9.78. The van der Waals surface area contributed by atoms with E-state index in [-0.39, 0.29) is 6.09 Å². The third-order valence-corrected chi connectivity index (χ3v) is 7.07. The van der Waals surface area contributed by atoms with Gasteiger partial charge in [0.15, 0.2) is 0 Å². The summed E-state index contributed by atoms with van der Waals surface area (Å²) in [5.41, 5.74) is 3.67. The SMILES string of the molecule is N#Cc1ccc2ncn(CC3CCCC4(C3)CN(Cc3cn(-c5ccccc5)nn3)C(=O)O4)c2c1. The summed E-state index contributed by atoms with van der Waals surface area (Å²) in [6.07, 6.45) is 7.17. The van der Waals surface area contributed by atoms with Crippen LogP contribution in [0.1, 0.15) is 36.9 Å². The number of rotatable bonds is 5. The number of hydrogen-bond acceptors (Lipinski definition) is 6. The zero-order valence-corrected chi connectivity index (χ0v) is 19.2. The van der Waals surface area contributed by atoms with Gasteiger partial charge in [-0.1, -0.05) is 23.4 Å². The molecule has 9 nitrogen and oxygen atoms in total. The number of fused-ring (bicyclic) bond motifs is 1. The van der Waals surface area contributed by atoms with Crippen LogP contribution in [0.2, 0.25) is 0 Å². The van der Waals surface area contributed by atoms with Crippen molar-refractivity contribution in [1.29, 1.82) is 5.26 Å². The molecule has 2 aromatic carbocycles. The summed E-state index contributed by atoms with van der Waals surface area (Å²) in [6, 6.07) is 17.6. The van der Waals surface area contributed by atoms with Crippen LogP contribution in [-0.4, -0.2) is 47.7 Å². The Kier molecular flexibility index (Phi) is 5.21. The van der Waals surface area contributed by atoms with Gasteiger partial charge < -0.3 is 9.30 Å². The first-order chi connectivity index (χ1) is 17.1. The molecular weight excluding hydrogens is 442 g/mol. The topological polar surface area (TPSA) is 102 Å². The minimum Gasteiger partial charge on any atom is -0.441 e. The Labute approximate surface area is 202 Å². The average Bonchev–Trinajstić information content (AvgIpc) is 3.58. The molecule has 4 aromatic rings. The second-order valence-electron chi connectivity index (χ2n) is 9.57. The van der Waals surface area contributed by atoms with E-state index in [4.69, 9.17) is 4.74 Å². The van der Waals surface area contributed by atoms with E-state index in [1.807, 2.05) is 55.0 Å². The summed E-state index contributed by atoms with van der Waals surface area (Å²) in [7, 11) is 0. The fourth-order valence-corrected chi connectivity index (χ4v) is 5.47. The van der Waals surface area contributed by atoms with Gasteiger partial charge in [-0.15, -0.1) is 5.10 Å². The van der Waals surface area contributed by atoms with Gasteiger partial charge in [-0.25, -0.2) is 14.5 Å². The first kappa shape index (κ1) is 21.4. The molecule has 2 atom stereocenters. The summed E-state index contributed by atoms with van der Waals surface area (Å²) in [5.74, 6) is 0.360. The highest BCUT2D eigenvalue weighted by Crippen LogP contribution is 2.41. The average molecular weight is 468 g/mol. The van der Waals surface area contributed by atoms with Crippen LogP contribution < -0.4 is 0 Å². The summed E-state index contributed by atoms with van der Waals surface area (Å²) in [5, 5.41) is 17.7. The molecule has 176 valence electrons. The van der Waals surface area contributed by atoms with Gasteiger partial charge in [0.2, 0.25) is 0 Å². The van der Waals surface area contributed by atoms with Crippen LogP contribution >= 0.6 is 0 Å². The third-order valence-electron chi connectivity index (χ3n) is 7.07. The molecule has 2 unspecified atom stereocenters. The van der Waals surface area contributed by atoms with Crippen molar-refractivity contribution in [2.75, 3.05) is 6.54 Å². The van der Waals surface area contributed by atoms with E-state index >= 15 is 0 Å². The van der Waals surface area contributed by atoms with E-state index in [1.54, 1.807) is 15.6 Å². The maximum Gasteiger partial charge on any atom is 0.410 e. The first-order valence-electron chi connectivity index (χ1n) is 11.9. The van der Waals surface area contributed by atoms with E-state index in [0.29, 0.717) is 24.6 Å². The quantitative estimate of drug-likeness (QED) is 0.438. The lowest BCUT2D eigenvalue weighted by Crippen LogP contribution is -2.40. The molecule has 2 aliphatic rings. The van der Waals surface area contributed by atoms with Crippen LogP contribution in [0.5, 0.6) is 0 Å². The predicted molar refractivity (Wildman–Crippen MR) is 127 cm³/mol. The van der Waals surface area contributed by atoms with Gasteiger partial charge in [0.25, 0.3) is 0 Å². The monoisotopic (exact) mass is 467 g/mol. The van der Waals surface area contributed by atoms with Gasteiger partial charge in [0.05, 0.1) is 54.0 Å². The van der Waals surface area contributed by atoms with Crippen molar-refractivity contribution in [3.8, 4) is 11.8 Å². The molecular formula is C26H25N7O2. The molecule has 0 N–H and O–H groups in total. The molecule has 0 bridgehead atoms. The van der Waals surface area contributed by atoms with Gasteiger partial charge in [-0.05, 0) is 61.9 Å². The molecule has 1 amide bonds. The van der Waals surface area contributed by atoms with Crippen LogP contribution in [0.4, 0.5) is 4.79 Å². The number of nitrogens with zero attached hydrogens (tertiary/aromatic N) is 7. The summed E-state index contributed by atoms with van der Waals surface area (Å²) < 4.78 is 9.84. The lowest BCUT2D eigenvalue weighted by molar-refractivity contribution is 0.00415. The van der Waals surface area contributed by atoms with E-state index in [2.05, 4.69) is 25.9 Å². The Balaban J connectivity index is 1.14. The zero-order valence-electron chi connectivity index (χ0n) is 19.2. The largest absolute Gasteiger partial charge is 0.441 e. The maximum absolute atomic E-state index is 12.8. The summed E-state index contributed by atoms with van der Waals surface area (Å²) in [6.45, 7) is 1.72. The Hall–Kier alpha value is -4.19. The molecule has 1 aliphatic carbocycles.